The molecule has 2 aliphatic rings. The van der Waals surface area contributed by atoms with Crippen LogP contribution in [-0.2, 0) is 4.79 Å². The zero-order valence-corrected chi connectivity index (χ0v) is 18.2. The molecule has 0 fully saturated rings. The van der Waals surface area contributed by atoms with Crippen molar-refractivity contribution in [3.63, 3.8) is 0 Å². The number of aryl methyl sites for hydroxylation is 1. The number of hydrogen-bond donors (Lipinski definition) is 1. The molecule has 12 heteroatoms. The molecule has 160 valence electrons. The van der Waals surface area contributed by atoms with Gasteiger partial charge in [0.25, 0.3) is 5.91 Å². The van der Waals surface area contributed by atoms with Gasteiger partial charge in [0.2, 0.25) is 10.2 Å². The Balaban J connectivity index is 1.76. The number of aromatic nitrogens is 1. The van der Waals surface area contributed by atoms with Gasteiger partial charge in [-0.25, -0.2) is 0 Å². The van der Waals surface area contributed by atoms with Crippen molar-refractivity contribution < 1.29 is 18.0 Å². The Morgan fingerprint density at radius 3 is 2.39 bits per heavy atom. The first kappa shape index (κ1) is 21.7. The molecule has 1 aromatic heterocycles. The lowest BCUT2D eigenvalue weighted by molar-refractivity contribution is -0.114. The highest BCUT2D eigenvalue weighted by Crippen LogP contribution is 2.35. The first-order chi connectivity index (χ1) is 14.5. The molecule has 0 spiro atoms. The van der Waals surface area contributed by atoms with Gasteiger partial charge in [-0.15, -0.1) is 0 Å². The standard InChI is InChI=1S/C19H12Cl2F3N5OS/c1-8-3-10(9(2)28(8)13-6-11(20)5-12(21)7-13)4-14-15(25)29-18(26-16(14)30)31-17(27-29)19(22,23)24/h3-7,25H,1-2H3. The number of thioether (sulfide) groups is 1. The zero-order valence-electron chi connectivity index (χ0n) is 15.9. The van der Waals surface area contributed by atoms with E-state index >= 15 is 0 Å². The third-order valence-corrected chi connectivity index (χ3v) is 5.96. The van der Waals surface area contributed by atoms with Crippen molar-refractivity contribution in [2.45, 2.75) is 20.0 Å². The maximum absolute atomic E-state index is 13.0. The second-order valence-electron chi connectivity index (χ2n) is 6.71. The minimum atomic E-state index is -4.69. The van der Waals surface area contributed by atoms with Gasteiger partial charge < -0.3 is 4.57 Å². The summed E-state index contributed by atoms with van der Waals surface area (Å²) in [7, 11) is 0. The van der Waals surface area contributed by atoms with Crippen LogP contribution in [0.3, 0.4) is 0 Å². The highest BCUT2D eigenvalue weighted by atomic mass is 35.5. The van der Waals surface area contributed by atoms with E-state index in [0.29, 0.717) is 27.0 Å². The summed E-state index contributed by atoms with van der Waals surface area (Å²) in [6.07, 6.45) is -3.28. The zero-order chi connectivity index (χ0) is 22.7. The molecule has 31 heavy (non-hydrogen) atoms. The fraction of sp³-hybridized carbons (Fsp3) is 0.158. The van der Waals surface area contributed by atoms with Crippen molar-refractivity contribution in [2.75, 3.05) is 0 Å². The van der Waals surface area contributed by atoms with Crippen molar-refractivity contribution in [1.29, 1.82) is 5.41 Å². The average Bonchev–Trinajstić information content (AvgIpc) is 3.19. The number of benzene rings is 1. The molecule has 0 saturated carbocycles. The summed E-state index contributed by atoms with van der Waals surface area (Å²) in [4.78, 5) is 16.1. The molecule has 0 bridgehead atoms. The minimum Gasteiger partial charge on any atom is -0.318 e. The molecule has 3 heterocycles. The number of amidine groups is 2. The minimum absolute atomic E-state index is 0.166. The number of hydrogen-bond acceptors (Lipinski definition) is 4. The lowest BCUT2D eigenvalue weighted by Crippen LogP contribution is -2.35. The van der Waals surface area contributed by atoms with Crippen LogP contribution in [0.4, 0.5) is 13.2 Å². The fourth-order valence-corrected chi connectivity index (χ4v) is 4.53. The summed E-state index contributed by atoms with van der Waals surface area (Å²) in [6.45, 7) is 3.64. The number of alkyl halides is 3. The average molecular weight is 486 g/mol. The van der Waals surface area contributed by atoms with Gasteiger partial charge in [-0.05, 0) is 61.5 Å². The number of aliphatic imine (C=N–C) groups is 1. The van der Waals surface area contributed by atoms with Gasteiger partial charge in [0.05, 0.1) is 5.57 Å². The number of fused-ring (bicyclic) bond motifs is 1. The van der Waals surface area contributed by atoms with E-state index in [1.807, 2.05) is 11.5 Å². The van der Waals surface area contributed by atoms with E-state index in [1.54, 1.807) is 31.2 Å². The molecule has 0 radical (unpaired) electrons. The van der Waals surface area contributed by atoms with Crippen molar-refractivity contribution >= 4 is 63.0 Å². The maximum Gasteiger partial charge on any atom is 0.441 e. The summed E-state index contributed by atoms with van der Waals surface area (Å²) < 4.78 is 40.7. The molecule has 2 aromatic rings. The molecule has 1 N–H and O–H groups in total. The van der Waals surface area contributed by atoms with Crippen molar-refractivity contribution in [1.82, 2.24) is 9.58 Å². The Labute approximate surface area is 188 Å². The monoisotopic (exact) mass is 485 g/mol. The molecule has 1 aromatic carbocycles. The smallest absolute Gasteiger partial charge is 0.318 e. The Kier molecular flexibility index (Phi) is 5.27. The second-order valence-corrected chi connectivity index (χ2v) is 8.54. The van der Waals surface area contributed by atoms with Crippen LogP contribution in [0.5, 0.6) is 0 Å². The quantitative estimate of drug-likeness (QED) is 0.564. The van der Waals surface area contributed by atoms with E-state index in [1.165, 1.54) is 6.08 Å². The first-order valence-electron chi connectivity index (χ1n) is 8.68. The molecule has 4 rings (SSSR count). The van der Waals surface area contributed by atoms with Crippen molar-refractivity contribution in [3.05, 3.63) is 56.8 Å². The third kappa shape index (κ3) is 3.90. The number of nitrogens with zero attached hydrogens (tertiary/aromatic N) is 4. The molecule has 6 nitrogen and oxygen atoms in total. The van der Waals surface area contributed by atoms with Crippen LogP contribution in [0.2, 0.25) is 10.0 Å². The molecule has 0 saturated heterocycles. The van der Waals surface area contributed by atoms with Gasteiger partial charge in [-0.1, -0.05) is 23.2 Å². The number of carbonyl (C=O) groups excluding carboxylic acids is 1. The van der Waals surface area contributed by atoms with Gasteiger partial charge in [-0.2, -0.15) is 28.3 Å². The molecular formula is C19H12Cl2F3N5OS. The van der Waals surface area contributed by atoms with Crippen LogP contribution < -0.4 is 0 Å². The lowest BCUT2D eigenvalue weighted by atomic mass is 10.1. The highest BCUT2D eigenvalue weighted by Gasteiger charge is 2.46. The van der Waals surface area contributed by atoms with Crippen LogP contribution in [0.25, 0.3) is 11.8 Å². The number of rotatable bonds is 2. The van der Waals surface area contributed by atoms with Crippen LogP contribution >= 0.6 is 35.0 Å². The van der Waals surface area contributed by atoms with Crippen LogP contribution in [-0.4, -0.2) is 37.7 Å². The molecule has 2 aliphatic heterocycles. The van der Waals surface area contributed by atoms with Gasteiger partial charge in [0.1, 0.15) is 0 Å². The summed E-state index contributed by atoms with van der Waals surface area (Å²) in [6, 6.07) is 6.83. The van der Waals surface area contributed by atoms with E-state index in [-0.39, 0.29) is 22.5 Å². The maximum atomic E-state index is 13.0. The third-order valence-electron chi connectivity index (χ3n) is 4.57. The van der Waals surface area contributed by atoms with E-state index in [0.717, 1.165) is 10.7 Å². The second kappa shape index (κ2) is 7.54. The molecule has 0 unspecified atom stereocenters. The predicted molar refractivity (Wildman–Crippen MR) is 116 cm³/mol. The van der Waals surface area contributed by atoms with E-state index in [2.05, 4.69) is 10.1 Å². The van der Waals surface area contributed by atoms with Crippen molar-refractivity contribution in [3.8, 4) is 5.69 Å². The fourth-order valence-electron chi connectivity index (χ4n) is 3.26. The van der Waals surface area contributed by atoms with Crippen molar-refractivity contribution in [2.24, 2.45) is 10.1 Å². The largest absolute Gasteiger partial charge is 0.441 e. The highest BCUT2D eigenvalue weighted by molar-refractivity contribution is 8.27. The Morgan fingerprint density at radius 1 is 1.13 bits per heavy atom. The summed E-state index contributed by atoms with van der Waals surface area (Å²) in [5.74, 6) is -1.28. The van der Waals surface area contributed by atoms with Gasteiger partial charge in [-0.3, -0.25) is 10.2 Å². The molecule has 0 aliphatic carbocycles. The Hall–Kier alpha value is -2.56. The van der Waals surface area contributed by atoms with E-state index < -0.39 is 23.0 Å². The SMILES string of the molecule is Cc1cc(C=C2C(=N)N3N=C(C(F)(F)F)SC3=NC2=O)c(C)n1-c1cc(Cl)cc(Cl)c1. The summed E-state index contributed by atoms with van der Waals surface area (Å²) >= 11 is 12.4. The van der Waals surface area contributed by atoms with E-state index in [4.69, 9.17) is 28.6 Å². The predicted octanol–water partition coefficient (Wildman–Crippen LogP) is 5.58. The van der Waals surface area contributed by atoms with Gasteiger partial charge >= 0.3 is 6.18 Å². The normalized spacial score (nSPS) is 17.9. The first-order valence-corrected chi connectivity index (χ1v) is 10.3. The number of carbonyl (C=O) groups is 1. The number of halogens is 5. The van der Waals surface area contributed by atoms with Crippen LogP contribution in [0.1, 0.15) is 17.0 Å². The van der Waals surface area contributed by atoms with Crippen LogP contribution in [0.15, 0.2) is 39.9 Å². The van der Waals surface area contributed by atoms with Gasteiger partial charge in [0, 0.05) is 27.1 Å². The van der Waals surface area contributed by atoms with Crippen LogP contribution in [0, 0.1) is 19.3 Å². The number of hydrazone groups is 1. The summed E-state index contributed by atoms with van der Waals surface area (Å²) in [5, 5.41) is 11.8. The molecular weight excluding hydrogens is 474 g/mol. The number of nitrogens with one attached hydrogen (secondary N) is 1. The molecule has 1 amide bonds. The van der Waals surface area contributed by atoms with E-state index in [9.17, 15) is 18.0 Å². The Morgan fingerprint density at radius 2 is 1.77 bits per heavy atom. The topological polar surface area (TPSA) is 73.8 Å². The lowest BCUT2D eigenvalue weighted by Gasteiger charge is -2.20. The Bertz CT molecular complexity index is 1230. The van der Waals surface area contributed by atoms with Gasteiger partial charge in [0.15, 0.2) is 5.84 Å². The summed E-state index contributed by atoms with van der Waals surface area (Å²) in [5.41, 5.74) is 2.65. The molecule has 0 atom stereocenters. The number of amides is 1.